The van der Waals surface area contributed by atoms with Crippen LogP contribution in [0.2, 0.25) is 0 Å². The van der Waals surface area contributed by atoms with Crippen LogP contribution in [0.5, 0.6) is 0 Å². The highest BCUT2D eigenvalue weighted by molar-refractivity contribution is 7.91. The van der Waals surface area contributed by atoms with Gasteiger partial charge >= 0.3 is 0 Å². The Kier molecular flexibility index (Phi) is 2.99. The van der Waals surface area contributed by atoms with Crippen molar-refractivity contribution in [3.63, 3.8) is 0 Å². The average molecular weight is 243 g/mol. The second-order valence-corrected chi connectivity index (χ2v) is 6.47. The monoisotopic (exact) mass is 243 g/mol. The van der Waals surface area contributed by atoms with Crippen molar-refractivity contribution in [1.82, 2.24) is 0 Å². The van der Waals surface area contributed by atoms with Gasteiger partial charge in [-0.15, -0.1) is 0 Å². The normalized spacial score (nSPS) is 25.5. The van der Waals surface area contributed by atoms with Crippen molar-refractivity contribution in [2.24, 2.45) is 11.7 Å². The van der Waals surface area contributed by atoms with E-state index in [2.05, 4.69) is 0 Å². The summed E-state index contributed by atoms with van der Waals surface area (Å²) in [6.45, 7) is 0. The van der Waals surface area contributed by atoms with Crippen LogP contribution in [0.25, 0.3) is 0 Å². The first-order valence-corrected chi connectivity index (χ1v) is 7.01. The van der Waals surface area contributed by atoms with Crippen LogP contribution in [0.1, 0.15) is 18.0 Å². The molecule has 0 amide bonds. The van der Waals surface area contributed by atoms with Crippen LogP contribution in [0.3, 0.4) is 0 Å². The maximum Gasteiger partial charge on any atom is 0.150 e. The van der Waals surface area contributed by atoms with E-state index in [9.17, 15) is 12.8 Å². The first-order valence-electron chi connectivity index (χ1n) is 5.19. The molecule has 16 heavy (non-hydrogen) atoms. The summed E-state index contributed by atoms with van der Waals surface area (Å²) in [5.74, 6) is -0.119. The summed E-state index contributed by atoms with van der Waals surface area (Å²) >= 11 is 0. The topological polar surface area (TPSA) is 60.2 Å². The molecule has 2 rings (SSSR count). The summed E-state index contributed by atoms with van der Waals surface area (Å²) in [5, 5.41) is 0. The summed E-state index contributed by atoms with van der Waals surface area (Å²) in [6, 6.07) is 5.65. The maximum absolute atomic E-state index is 13.0. The second kappa shape index (κ2) is 4.14. The fourth-order valence-electron chi connectivity index (χ4n) is 2.09. The lowest BCUT2D eigenvalue weighted by Gasteiger charge is -2.18. The average Bonchev–Trinajstić information content (AvgIpc) is 2.58. The Labute approximate surface area is 94.4 Å². The number of sulfone groups is 1. The molecule has 2 unspecified atom stereocenters. The zero-order valence-electron chi connectivity index (χ0n) is 8.77. The van der Waals surface area contributed by atoms with Gasteiger partial charge in [-0.25, -0.2) is 12.8 Å². The third kappa shape index (κ3) is 2.41. The van der Waals surface area contributed by atoms with E-state index in [1.807, 2.05) is 0 Å². The molecule has 1 saturated heterocycles. The van der Waals surface area contributed by atoms with Crippen LogP contribution in [-0.2, 0) is 9.84 Å². The lowest BCUT2D eigenvalue weighted by atomic mass is 9.93. The van der Waals surface area contributed by atoms with Gasteiger partial charge < -0.3 is 5.73 Å². The Morgan fingerprint density at radius 3 is 2.75 bits per heavy atom. The fourth-order valence-corrected chi connectivity index (χ4v) is 3.95. The van der Waals surface area contributed by atoms with E-state index in [0.29, 0.717) is 12.0 Å². The third-order valence-electron chi connectivity index (χ3n) is 3.01. The minimum Gasteiger partial charge on any atom is -0.324 e. The Morgan fingerprint density at radius 2 is 2.19 bits per heavy atom. The summed E-state index contributed by atoms with van der Waals surface area (Å²) in [4.78, 5) is 0. The molecule has 1 aliphatic heterocycles. The van der Waals surface area contributed by atoms with E-state index >= 15 is 0 Å². The molecule has 0 radical (unpaired) electrons. The summed E-state index contributed by atoms with van der Waals surface area (Å²) in [6.07, 6.45) is 0.569. The standard InChI is InChI=1S/C11H14FNO2S/c12-10-3-1-2-8(6-10)11(13)9-4-5-16(14,15)7-9/h1-3,6,9,11H,4-5,7,13H2. The van der Waals surface area contributed by atoms with Gasteiger partial charge in [0.1, 0.15) is 5.82 Å². The van der Waals surface area contributed by atoms with E-state index in [1.54, 1.807) is 12.1 Å². The molecule has 0 aliphatic carbocycles. The molecule has 88 valence electrons. The van der Waals surface area contributed by atoms with Crippen LogP contribution in [0, 0.1) is 11.7 Å². The molecular weight excluding hydrogens is 229 g/mol. The molecule has 3 nitrogen and oxygen atoms in total. The van der Waals surface area contributed by atoms with E-state index in [0.717, 1.165) is 0 Å². The highest BCUT2D eigenvalue weighted by Crippen LogP contribution is 2.29. The predicted molar refractivity (Wildman–Crippen MR) is 60.1 cm³/mol. The SMILES string of the molecule is NC(c1cccc(F)c1)C1CCS(=O)(=O)C1. The van der Waals surface area contributed by atoms with E-state index in [4.69, 9.17) is 5.73 Å². The molecule has 1 fully saturated rings. The molecule has 2 N–H and O–H groups in total. The van der Waals surface area contributed by atoms with E-state index < -0.39 is 15.9 Å². The van der Waals surface area contributed by atoms with Crippen molar-refractivity contribution in [2.75, 3.05) is 11.5 Å². The fraction of sp³-hybridized carbons (Fsp3) is 0.455. The summed E-state index contributed by atoms with van der Waals surface area (Å²) in [5.41, 5.74) is 6.63. The molecule has 0 saturated carbocycles. The minimum absolute atomic E-state index is 0.0909. The maximum atomic E-state index is 13.0. The van der Waals surface area contributed by atoms with Crippen molar-refractivity contribution in [3.05, 3.63) is 35.6 Å². The quantitative estimate of drug-likeness (QED) is 0.850. The van der Waals surface area contributed by atoms with Crippen LogP contribution in [0.4, 0.5) is 4.39 Å². The Balaban J connectivity index is 2.17. The van der Waals surface area contributed by atoms with Crippen molar-refractivity contribution in [3.8, 4) is 0 Å². The number of hydrogen-bond donors (Lipinski definition) is 1. The predicted octanol–water partition coefficient (Wildman–Crippen LogP) is 1.26. The van der Waals surface area contributed by atoms with Crippen LogP contribution in [0.15, 0.2) is 24.3 Å². The molecule has 5 heteroatoms. The van der Waals surface area contributed by atoms with E-state index in [-0.39, 0.29) is 23.2 Å². The minimum atomic E-state index is -2.93. The van der Waals surface area contributed by atoms with Gasteiger partial charge in [-0.3, -0.25) is 0 Å². The Hall–Kier alpha value is -0.940. The number of rotatable bonds is 2. The molecule has 1 aliphatic rings. The van der Waals surface area contributed by atoms with Gasteiger partial charge in [0.15, 0.2) is 9.84 Å². The lowest BCUT2D eigenvalue weighted by Crippen LogP contribution is -2.22. The number of nitrogens with two attached hydrogens (primary N) is 1. The zero-order valence-corrected chi connectivity index (χ0v) is 9.58. The van der Waals surface area contributed by atoms with Crippen LogP contribution in [-0.4, -0.2) is 19.9 Å². The molecular formula is C11H14FNO2S. The highest BCUT2D eigenvalue weighted by Gasteiger charge is 2.32. The number of benzene rings is 1. The van der Waals surface area contributed by atoms with Gasteiger partial charge in [-0.05, 0) is 30.0 Å². The Morgan fingerprint density at radius 1 is 1.44 bits per heavy atom. The molecule has 1 heterocycles. The lowest BCUT2D eigenvalue weighted by molar-refractivity contribution is 0.477. The third-order valence-corrected chi connectivity index (χ3v) is 4.80. The second-order valence-electron chi connectivity index (χ2n) is 4.24. The molecule has 2 atom stereocenters. The largest absolute Gasteiger partial charge is 0.324 e. The van der Waals surface area contributed by atoms with E-state index in [1.165, 1.54) is 12.1 Å². The smallest absolute Gasteiger partial charge is 0.150 e. The van der Waals surface area contributed by atoms with Crippen molar-refractivity contribution in [2.45, 2.75) is 12.5 Å². The molecule has 1 aromatic carbocycles. The highest BCUT2D eigenvalue weighted by atomic mass is 32.2. The first-order chi connectivity index (χ1) is 7.48. The first kappa shape index (κ1) is 11.5. The summed E-state index contributed by atoms with van der Waals surface area (Å²) in [7, 11) is -2.93. The van der Waals surface area contributed by atoms with Crippen LogP contribution >= 0.6 is 0 Å². The van der Waals surface area contributed by atoms with Gasteiger partial charge in [0.2, 0.25) is 0 Å². The molecule has 1 aromatic rings. The Bertz CT molecular complexity index is 487. The van der Waals surface area contributed by atoms with Crippen LogP contribution < -0.4 is 5.73 Å². The molecule has 0 spiro atoms. The number of halogens is 1. The van der Waals surface area contributed by atoms with Crippen molar-refractivity contribution < 1.29 is 12.8 Å². The van der Waals surface area contributed by atoms with Crippen molar-refractivity contribution >= 4 is 9.84 Å². The van der Waals surface area contributed by atoms with Gasteiger partial charge in [-0.1, -0.05) is 12.1 Å². The molecule has 0 aromatic heterocycles. The number of hydrogen-bond acceptors (Lipinski definition) is 3. The van der Waals surface area contributed by atoms with Gasteiger partial charge in [0, 0.05) is 6.04 Å². The summed E-state index contributed by atoms with van der Waals surface area (Å²) < 4.78 is 35.6. The van der Waals surface area contributed by atoms with Gasteiger partial charge in [0.05, 0.1) is 11.5 Å². The van der Waals surface area contributed by atoms with Crippen molar-refractivity contribution in [1.29, 1.82) is 0 Å². The molecule has 0 bridgehead atoms. The zero-order chi connectivity index (χ0) is 11.8. The van der Waals surface area contributed by atoms with Gasteiger partial charge in [-0.2, -0.15) is 0 Å². The van der Waals surface area contributed by atoms with Gasteiger partial charge in [0.25, 0.3) is 0 Å².